The molecule has 0 bridgehead atoms. The summed E-state index contributed by atoms with van der Waals surface area (Å²) < 4.78 is 27.2. The van der Waals surface area contributed by atoms with Gasteiger partial charge in [0, 0.05) is 4.47 Å². The number of imidazole rings is 1. The van der Waals surface area contributed by atoms with Crippen LogP contribution in [0.25, 0.3) is 0 Å². The van der Waals surface area contributed by atoms with Crippen LogP contribution in [0.15, 0.2) is 27.8 Å². The number of hydrogen-bond acceptors (Lipinski definition) is 3. The number of aromatic amines is 1. The molecule has 0 atom stereocenters. The van der Waals surface area contributed by atoms with Crippen molar-refractivity contribution < 1.29 is 8.42 Å². The van der Waals surface area contributed by atoms with Crippen LogP contribution in [0.2, 0.25) is 10.0 Å². The number of nitrogens with one attached hydrogen (secondary N) is 2. The second-order valence-electron chi connectivity index (χ2n) is 3.68. The summed E-state index contributed by atoms with van der Waals surface area (Å²) in [4.78, 5) is 6.47. The Labute approximate surface area is 128 Å². The highest BCUT2D eigenvalue weighted by Crippen LogP contribution is 2.35. The maximum atomic E-state index is 12.1. The Hall–Kier alpha value is -0.760. The molecule has 0 aliphatic rings. The van der Waals surface area contributed by atoms with Gasteiger partial charge in [0.2, 0.25) is 0 Å². The van der Waals surface area contributed by atoms with Crippen LogP contribution in [0.1, 0.15) is 5.82 Å². The molecule has 2 aromatic rings. The number of aryl methyl sites for hydroxylation is 1. The van der Waals surface area contributed by atoms with Gasteiger partial charge in [-0.3, -0.25) is 4.72 Å². The first kappa shape index (κ1) is 14.6. The molecule has 19 heavy (non-hydrogen) atoms. The summed E-state index contributed by atoms with van der Waals surface area (Å²) in [5.41, 5.74) is 0.124. The Morgan fingerprint density at radius 2 is 1.89 bits per heavy atom. The van der Waals surface area contributed by atoms with Crippen molar-refractivity contribution in [2.24, 2.45) is 0 Å². The van der Waals surface area contributed by atoms with Crippen LogP contribution >= 0.6 is 39.1 Å². The number of nitrogens with zero attached hydrogens (tertiary/aromatic N) is 1. The van der Waals surface area contributed by atoms with E-state index >= 15 is 0 Å². The Bertz CT molecular complexity index is 707. The molecule has 0 spiro atoms. The standard InChI is InChI=1S/C10H8BrCl2N3O2S/c1-5-14-4-9(15-5)19(17,18)16-10-7(12)2-6(11)3-8(10)13/h2-4,16H,1H3,(H,14,15). The van der Waals surface area contributed by atoms with Gasteiger partial charge in [0.25, 0.3) is 10.0 Å². The molecule has 1 heterocycles. The summed E-state index contributed by atoms with van der Waals surface area (Å²) >= 11 is 15.1. The molecular formula is C10H8BrCl2N3O2S. The molecule has 1 aromatic carbocycles. The fraction of sp³-hybridized carbons (Fsp3) is 0.100. The van der Waals surface area contributed by atoms with Crippen LogP contribution in [-0.2, 0) is 10.0 Å². The summed E-state index contributed by atoms with van der Waals surface area (Å²) in [5.74, 6) is 0.494. The van der Waals surface area contributed by atoms with Gasteiger partial charge >= 0.3 is 0 Å². The van der Waals surface area contributed by atoms with E-state index in [0.717, 1.165) is 0 Å². The van der Waals surface area contributed by atoms with Crippen molar-refractivity contribution in [3.05, 3.63) is 38.7 Å². The second-order valence-corrected chi connectivity index (χ2v) is 7.06. The van der Waals surface area contributed by atoms with Gasteiger partial charge in [0.05, 0.1) is 21.9 Å². The first-order valence-corrected chi connectivity index (χ1v) is 8.02. The van der Waals surface area contributed by atoms with Crippen LogP contribution < -0.4 is 4.72 Å². The van der Waals surface area contributed by atoms with Gasteiger partial charge in [-0.1, -0.05) is 39.1 Å². The number of rotatable bonds is 3. The van der Waals surface area contributed by atoms with E-state index in [9.17, 15) is 8.42 Å². The molecule has 0 saturated carbocycles. The molecule has 0 aliphatic carbocycles. The van der Waals surface area contributed by atoms with Crippen molar-refractivity contribution in [3.63, 3.8) is 0 Å². The summed E-state index contributed by atoms with van der Waals surface area (Å²) in [6.07, 6.45) is 1.22. The smallest absolute Gasteiger partial charge is 0.279 e. The van der Waals surface area contributed by atoms with Crippen molar-refractivity contribution in [2.45, 2.75) is 11.9 Å². The summed E-state index contributed by atoms with van der Waals surface area (Å²) in [5, 5.41) is 0.332. The average Bonchev–Trinajstić information content (AvgIpc) is 2.71. The van der Waals surface area contributed by atoms with E-state index in [1.54, 1.807) is 19.1 Å². The zero-order valence-electron chi connectivity index (χ0n) is 9.54. The largest absolute Gasteiger partial charge is 0.332 e. The van der Waals surface area contributed by atoms with E-state index in [0.29, 0.717) is 10.3 Å². The maximum absolute atomic E-state index is 12.1. The van der Waals surface area contributed by atoms with Gasteiger partial charge < -0.3 is 4.98 Å². The normalized spacial score (nSPS) is 11.6. The monoisotopic (exact) mass is 383 g/mol. The first-order chi connectivity index (χ1) is 8.79. The summed E-state index contributed by atoms with van der Waals surface area (Å²) in [6, 6.07) is 3.09. The highest BCUT2D eigenvalue weighted by atomic mass is 79.9. The lowest BCUT2D eigenvalue weighted by atomic mass is 10.3. The van der Waals surface area contributed by atoms with Crippen LogP contribution in [-0.4, -0.2) is 18.4 Å². The van der Waals surface area contributed by atoms with Crippen LogP contribution in [0.5, 0.6) is 0 Å². The quantitative estimate of drug-likeness (QED) is 0.848. The molecule has 0 aliphatic heterocycles. The number of aromatic nitrogens is 2. The number of H-pyrrole nitrogens is 1. The lowest BCUT2D eigenvalue weighted by Crippen LogP contribution is -2.14. The zero-order valence-corrected chi connectivity index (χ0v) is 13.5. The molecule has 0 saturated heterocycles. The number of sulfonamides is 1. The van der Waals surface area contributed by atoms with Crippen molar-refractivity contribution >= 4 is 54.8 Å². The molecule has 0 fully saturated rings. The van der Waals surface area contributed by atoms with Crippen molar-refractivity contribution in [1.82, 2.24) is 9.97 Å². The molecule has 0 radical (unpaired) electrons. The molecule has 102 valence electrons. The van der Waals surface area contributed by atoms with Crippen LogP contribution in [0, 0.1) is 6.92 Å². The fourth-order valence-electron chi connectivity index (χ4n) is 1.36. The average molecular weight is 385 g/mol. The zero-order chi connectivity index (χ0) is 14.2. The lowest BCUT2D eigenvalue weighted by molar-refractivity contribution is 0.598. The third-order valence-electron chi connectivity index (χ3n) is 2.21. The van der Waals surface area contributed by atoms with Gasteiger partial charge in [0.1, 0.15) is 5.82 Å². The van der Waals surface area contributed by atoms with E-state index < -0.39 is 10.0 Å². The van der Waals surface area contributed by atoms with E-state index in [1.807, 2.05) is 0 Å². The molecule has 0 amide bonds. The van der Waals surface area contributed by atoms with E-state index in [2.05, 4.69) is 30.6 Å². The fourth-order valence-corrected chi connectivity index (χ4v) is 3.85. The van der Waals surface area contributed by atoms with Crippen molar-refractivity contribution in [3.8, 4) is 0 Å². The van der Waals surface area contributed by atoms with Crippen molar-refractivity contribution in [2.75, 3.05) is 4.72 Å². The third kappa shape index (κ3) is 3.22. The minimum Gasteiger partial charge on any atom is -0.332 e. The molecular weight excluding hydrogens is 377 g/mol. The maximum Gasteiger partial charge on any atom is 0.279 e. The molecule has 2 rings (SSSR count). The Balaban J connectivity index is 2.41. The molecule has 0 unspecified atom stereocenters. The topological polar surface area (TPSA) is 74.8 Å². The lowest BCUT2D eigenvalue weighted by Gasteiger charge is -2.10. The molecule has 2 N–H and O–H groups in total. The van der Waals surface area contributed by atoms with E-state index in [1.165, 1.54) is 6.20 Å². The number of benzene rings is 1. The second kappa shape index (κ2) is 5.32. The predicted octanol–water partition coefficient (Wildman–Crippen LogP) is 3.59. The van der Waals surface area contributed by atoms with E-state index in [-0.39, 0.29) is 20.8 Å². The van der Waals surface area contributed by atoms with Gasteiger partial charge in [-0.2, -0.15) is 8.42 Å². The predicted molar refractivity (Wildman–Crippen MR) is 78.3 cm³/mol. The van der Waals surface area contributed by atoms with Gasteiger partial charge in [-0.15, -0.1) is 0 Å². The SMILES string of the molecule is Cc1ncc(S(=O)(=O)Nc2c(Cl)cc(Br)cc2Cl)[nH]1. The van der Waals surface area contributed by atoms with Crippen molar-refractivity contribution in [1.29, 1.82) is 0 Å². The first-order valence-electron chi connectivity index (χ1n) is 4.98. The minimum atomic E-state index is -3.80. The third-order valence-corrected chi connectivity index (χ3v) is 4.53. The highest BCUT2D eigenvalue weighted by molar-refractivity contribution is 9.10. The Morgan fingerprint density at radius 1 is 1.32 bits per heavy atom. The minimum absolute atomic E-state index is 0.0555. The molecule has 1 aromatic heterocycles. The number of hydrogen-bond donors (Lipinski definition) is 2. The molecule has 9 heteroatoms. The summed E-state index contributed by atoms with van der Waals surface area (Å²) in [7, 11) is -3.80. The highest BCUT2D eigenvalue weighted by Gasteiger charge is 2.20. The van der Waals surface area contributed by atoms with Gasteiger partial charge in [-0.05, 0) is 19.1 Å². The van der Waals surface area contributed by atoms with Gasteiger partial charge in [0.15, 0.2) is 5.03 Å². The Kier molecular flexibility index (Phi) is 4.10. The number of anilines is 1. The Morgan fingerprint density at radius 3 is 2.37 bits per heavy atom. The van der Waals surface area contributed by atoms with Crippen LogP contribution in [0.4, 0.5) is 5.69 Å². The van der Waals surface area contributed by atoms with E-state index in [4.69, 9.17) is 23.2 Å². The number of halogens is 3. The van der Waals surface area contributed by atoms with Gasteiger partial charge in [-0.25, -0.2) is 4.98 Å². The van der Waals surface area contributed by atoms with Crippen LogP contribution in [0.3, 0.4) is 0 Å². The molecule has 5 nitrogen and oxygen atoms in total. The summed E-state index contributed by atoms with van der Waals surface area (Å²) in [6.45, 7) is 1.65.